The minimum Gasteiger partial charge on any atom is -0.349 e. The lowest BCUT2D eigenvalue weighted by atomic mass is 10.2. The highest BCUT2D eigenvalue weighted by atomic mass is 35.5. The van der Waals surface area contributed by atoms with Crippen LogP contribution < -0.4 is 5.32 Å². The topological polar surface area (TPSA) is 59.8 Å². The van der Waals surface area contributed by atoms with Crippen LogP contribution in [0.2, 0.25) is 10.0 Å². The van der Waals surface area contributed by atoms with Crippen LogP contribution in [0.4, 0.5) is 0 Å². The second kappa shape index (κ2) is 8.55. The molecule has 1 aromatic heterocycles. The predicted molar refractivity (Wildman–Crippen MR) is 112 cm³/mol. The van der Waals surface area contributed by atoms with Gasteiger partial charge in [-0.1, -0.05) is 65.3 Å². The third kappa shape index (κ3) is 4.51. The van der Waals surface area contributed by atoms with E-state index in [1.54, 1.807) is 30.0 Å². The van der Waals surface area contributed by atoms with Crippen molar-refractivity contribution in [1.29, 1.82) is 0 Å². The zero-order chi connectivity index (χ0) is 19.5. The van der Waals surface area contributed by atoms with Gasteiger partial charge >= 0.3 is 0 Å². The van der Waals surface area contributed by atoms with Gasteiger partial charge in [0.05, 0.1) is 17.3 Å². The lowest BCUT2D eigenvalue weighted by Crippen LogP contribution is -2.25. The average Bonchev–Trinajstić information content (AvgIpc) is 3.48. The van der Waals surface area contributed by atoms with Crippen molar-refractivity contribution in [2.24, 2.45) is 5.92 Å². The summed E-state index contributed by atoms with van der Waals surface area (Å²) in [7, 11) is 0. The molecule has 3 aromatic rings. The number of benzene rings is 2. The quantitative estimate of drug-likeness (QED) is 0.539. The molecule has 1 fully saturated rings. The smallest absolute Gasteiger partial charge is 0.223 e. The van der Waals surface area contributed by atoms with Crippen LogP contribution >= 0.6 is 35.0 Å². The van der Waals surface area contributed by atoms with Gasteiger partial charge in [0.1, 0.15) is 0 Å². The van der Waals surface area contributed by atoms with Gasteiger partial charge in [-0.2, -0.15) is 0 Å². The zero-order valence-corrected chi connectivity index (χ0v) is 17.3. The van der Waals surface area contributed by atoms with E-state index in [4.69, 9.17) is 23.2 Å². The largest absolute Gasteiger partial charge is 0.349 e. The fourth-order valence-corrected chi connectivity index (χ4v) is 4.07. The number of rotatable bonds is 7. The number of halogens is 2. The number of carbonyl (C=O) groups excluding carboxylic acids is 1. The molecule has 0 spiro atoms. The number of hydrogen-bond acceptors (Lipinski definition) is 4. The molecule has 144 valence electrons. The first-order chi connectivity index (χ1) is 13.6. The van der Waals surface area contributed by atoms with Crippen LogP contribution in [0, 0.1) is 5.92 Å². The third-order valence-electron chi connectivity index (χ3n) is 4.43. The summed E-state index contributed by atoms with van der Waals surface area (Å²) in [6.45, 7) is 0.289. The van der Waals surface area contributed by atoms with Crippen molar-refractivity contribution >= 4 is 40.9 Å². The van der Waals surface area contributed by atoms with Crippen molar-refractivity contribution in [3.8, 4) is 5.69 Å². The van der Waals surface area contributed by atoms with Crippen molar-refractivity contribution in [1.82, 2.24) is 20.1 Å². The van der Waals surface area contributed by atoms with Crippen LogP contribution in [0.25, 0.3) is 5.69 Å². The molecule has 2 aromatic carbocycles. The number of nitrogens with zero attached hydrogens (tertiary/aromatic N) is 3. The van der Waals surface area contributed by atoms with Gasteiger partial charge < -0.3 is 5.32 Å². The van der Waals surface area contributed by atoms with Crippen LogP contribution in [0.15, 0.2) is 53.7 Å². The molecule has 1 heterocycles. The molecule has 1 aliphatic rings. The van der Waals surface area contributed by atoms with Gasteiger partial charge in [-0.25, -0.2) is 0 Å². The summed E-state index contributed by atoms with van der Waals surface area (Å²) in [6, 6.07) is 15.4. The summed E-state index contributed by atoms with van der Waals surface area (Å²) in [5.74, 6) is 1.56. The van der Waals surface area contributed by atoms with Crippen molar-refractivity contribution in [3.63, 3.8) is 0 Å². The minimum absolute atomic E-state index is 0.0604. The van der Waals surface area contributed by atoms with Crippen molar-refractivity contribution in [2.45, 2.75) is 30.3 Å². The Kier molecular flexibility index (Phi) is 5.90. The fourth-order valence-electron chi connectivity index (χ4n) is 2.79. The zero-order valence-electron chi connectivity index (χ0n) is 14.9. The Balaban J connectivity index is 1.63. The predicted octanol–water partition coefficient (Wildman–Crippen LogP) is 4.89. The summed E-state index contributed by atoms with van der Waals surface area (Å²) in [5, 5.41) is 13.4. The highest BCUT2D eigenvalue weighted by molar-refractivity contribution is 7.98. The molecule has 0 atom stereocenters. The van der Waals surface area contributed by atoms with E-state index in [1.165, 1.54) is 5.56 Å². The SMILES string of the molecule is O=C(NCc1nnc(SCc2ccccc2)n1-c1cc(Cl)ccc1Cl)C1CC1. The van der Waals surface area contributed by atoms with Gasteiger partial charge in [-0.15, -0.1) is 10.2 Å². The lowest BCUT2D eigenvalue weighted by molar-refractivity contribution is -0.122. The maximum absolute atomic E-state index is 12.0. The monoisotopic (exact) mass is 432 g/mol. The van der Waals surface area contributed by atoms with E-state index in [1.807, 2.05) is 22.8 Å². The van der Waals surface area contributed by atoms with Crippen molar-refractivity contribution in [2.75, 3.05) is 0 Å². The van der Waals surface area contributed by atoms with E-state index in [2.05, 4.69) is 27.6 Å². The Morgan fingerprint density at radius 2 is 1.93 bits per heavy atom. The van der Waals surface area contributed by atoms with Gasteiger partial charge in [0, 0.05) is 16.7 Å². The molecule has 8 heteroatoms. The first kappa shape index (κ1) is 19.3. The van der Waals surface area contributed by atoms with Crippen molar-refractivity contribution < 1.29 is 4.79 Å². The Morgan fingerprint density at radius 1 is 1.14 bits per heavy atom. The highest BCUT2D eigenvalue weighted by Gasteiger charge is 2.29. The standard InChI is InChI=1S/C20H18Cl2N4OS/c21-15-8-9-16(22)17(10-15)26-18(11-23-19(27)14-6-7-14)24-25-20(26)28-12-13-4-2-1-3-5-13/h1-5,8-10,14H,6-7,11-12H2,(H,23,27). The van der Waals surface area contributed by atoms with Gasteiger partial charge in [0.15, 0.2) is 11.0 Å². The molecular formula is C20H18Cl2N4OS. The number of nitrogens with one attached hydrogen (secondary N) is 1. The number of amides is 1. The Hall–Kier alpha value is -2.02. The Bertz CT molecular complexity index is 989. The maximum Gasteiger partial charge on any atom is 0.223 e. The molecule has 1 aliphatic carbocycles. The van der Waals surface area contributed by atoms with Crippen LogP contribution in [0.3, 0.4) is 0 Å². The Morgan fingerprint density at radius 3 is 2.68 bits per heavy atom. The average molecular weight is 433 g/mol. The molecule has 28 heavy (non-hydrogen) atoms. The van der Waals surface area contributed by atoms with E-state index in [0.717, 1.165) is 18.6 Å². The van der Waals surface area contributed by atoms with Crippen LogP contribution in [-0.4, -0.2) is 20.7 Å². The highest BCUT2D eigenvalue weighted by Crippen LogP contribution is 2.31. The molecule has 1 N–H and O–H groups in total. The van der Waals surface area contributed by atoms with E-state index >= 15 is 0 Å². The molecule has 0 bridgehead atoms. The second-order valence-electron chi connectivity index (χ2n) is 6.60. The molecule has 1 amide bonds. The van der Waals surface area contributed by atoms with E-state index in [-0.39, 0.29) is 18.4 Å². The molecule has 5 nitrogen and oxygen atoms in total. The van der Waals surface area contributed by atoms with Gasteiger partial charge in [0.2, 0.25) is 5.91 Å². The van der Waals surface area contributed by atoms with E-state index < -0.39 is 0 Å². The Labute approximate surface area is 177 Å². The lowest BCUT2D eigenvalue weighted by Gasteiger charge is -2.13. The van der Waals surface area contributed by atoms with Crippen LogP contribution in [-0.2, 0) is 17.1 Å². The maximum atomic E-state index is 12.0. The first-order valence-electron chi connectivity index (χ1n) is 8.96. The van der Waals surface area contributed by atoms with Crippen molar-refractivity contribution in [3.05, 3.63) is 70.0 Å². The second-order valence-corrected chi connectivity index (χ2v) is 8.38. The number of thioether (sulfide) groups is 1. The van der Waals surface area contributed by atoms with E-state index in [0.29, 0.717) is 26.7 Å². The molecule has 4 rings (SSSR count). The first-order valence-corrected chi connectivity index (χ1v) is 10.7. The summed E-state index contributed by atoms with van der Waals surface area (Å²) < 4.78 is 1.87. The molecule has 0 aliphatic heterocycles. The molecule has 1 saturated carbocycles. The van der Waals surface area contributed by atoms with Gasteiger partial charge in [0.25, 0.3) is 0 Å². The third-order valence-corrected chi connectivity index (χ3v) is 5.98. The summed E-state index contributed by atoms with van der Waals surface area (Å²) >= 11 is 14.2. The summed E-state index contributed by atoms with van der Waals surface area (Å²) in [4.78, 5) is 12.0. The van der Waals surface area contributed by atoms with Crippen LogP contribution in [0.5, 0.6) is 0 Å². The molecular weight excluding hydrogens is 415 g/mol. The van der Waals surface area contributed by atoms with Crippen LogP contribution in [0.1, 0.15) is 24.2 Å². The van der Waals surface area contributed by atoms with Gasteiger partial charge in [-0.3, -0.25) is 9.36 Å². The normalized spacial score (nSPS) is 13.5. The number of aromatic nitrogens is 3. The summed E-state index contributed by atoms with van der Waals surface area (Å²) in [6.07, 6.45) is 1.91. The summed E-state index contributed by atoms with van der Waals surface area (Å²) in [5.41, 5.74) is 1.88. The number of carbonyl (C=O) groups is 1. The van der Waals surface area contributed by atoms with Gasteiger partial charge in [-0.05, 0) is 36.6 Å². The molecule has 0 unspecified atom stereocenters. The molecule has 0 radical (unpaired) electrons. The number of hydrogen-bond donors (Lipinski definition) is 1. The minimum atomic E-state index is 0.0604. The fraction of sp³-hybridized carbons (Fsp3) is 0.250. The molecule has 0 saturated heterocycles. The van der Waals surface area contributed by atoms with E-state index in [9.17, 15) is 4.79 Å².